The van der Waals surface area contributed by atoms with Gasteiger partial charge in [-0.05, 0) is 26.0 Å². The number of hydrogen-bond acceptors (Lipinski definition) is 2. The minimum absolute atomic E-state index is 0.190. The van der Waals surface area contributed by atoms with Gasteiger partial charge < -0.3 is 5.73 Å². The SMILES string of the molecule is CC(C)(N)c1cc[c]s1. The Morgan fingerprint density at radius 3 is 2.56 bits per heavy atom. The van der Waals surface area contributed by atoms with Gasteiger partial charge in [0.05, 0.1) is 0 Å². The van der Waals surface area contributed by atoms with E-state index in [1.807, 2.05) is 26.0 Å². The van der Waals surface area contributed by atoms with Crippen LogP contribution in [0.25, 0.3) is 0 Å². The minimum atomic E-state index is -0.190. The van der Waals surface area contributed by atoms with Crippen molar-refractivity contribution in [3.8, 4) is 0 Å². The van der Waals surface area contributed by atoms with Crippen LogP contribution in [0.3, 0.4) is 0 Å². The molecule has 0 atom stereocenters. The number of thiophene rings is 1. The second kappa shape index (κ2) is 2.12. The monoisotopic (exact) mass is 140 g/mol. The highest BCUT2D eigenvalue weighted by molar-refractivity contribution is 7.09. The molecule has 0 aromatic carbocycles. The quantitative estimate of drug-likeness (QED) is 0.631. The molecule has 0 aliphatic heterocycles. The van der Waals surface area contributed by atoms with Crippen molar-refractivity contribution < 1.29 is 0 Å². The third kappa shape index (κ3) is 1.53. The van der Waals surface area contributed by atoms with E-state index >= 15 is 0 Å². The van der Waals surface area contributed by atoms with E-state index < -0.39 is 0 Å². The van der Waals surface area contributed by atoms with Crippen molar-refractivity contribution in [1.82, 2.24) is 0 Å². The average molecular weight is 140 g/mol. The first-order valence-electron chi connectivity index (χ1n) is 2.86. The Labute approximate surface area is 59.5 Å². The molecule has 0 saturated heterocycles. The van der Waals surface area contributed by atoms with Crippen molar-refractivity contribution in [2.45, 2.75) is 19.4 Å². The van der Waals surface area contributed by atoms with Crippen molar-refractivity contribution in [3.63, 3.8) is 0 Å². The Balaban J connectivity index is 2.90. The molecule has 49 valence electrons. The summed E-state index contributed by atoms with van der Waals surface area (Å²) < 4.78 is 0. The Morgan fingerprint density at radius 2 is 2.33 bits per heavy atom. The summed E-state index contributed by atoms with van der Waals surface area (Å²) >= 11 is 1.58. The van der Waals surface area contributed by atoms with Gasteiger partial charge in [-0.2, -0.15) is 0 Å². The van der Waals surface area contributed by atoms with Crippen molar-refractivity contribution in [2.75, 3.05) is 0 Å². The smallest absolute Gasteiger partial charge is 0.0446 e. The van der Waals surface area contributed by atoms with Crippen LogP contribution < -0.4 is 5.73 Å². The van der Waals surface area contributed by atoms with Gasteiger partial charge in [-0.1, -0.05) is 0 Å². The normalized spacial score (nSPS) is 11.9. The zero-order valence-electron chi connectivity index (χ0n) is 5.64. The van der Waals surface area contributed by atoms with Crippen LogP contribution >= 0.6 is 11.3 Å². The molecular weight excluding hydrogens is 130 g/mol. The zero-order valence-corrected chi connectivity index (χ0v) is 6.46. The molecule has 9 heavy (non-hydrogen) atoms. The summed E-state index contributed by atoms with van der Waals surface area (Å²) in [7, 11) is 0. The van der Waals surface area contributed by atoms with Crippen molar-refractivity contribution in [1.29, 1.82) is 0 Å². The summed E-state index contributed by atoms with van der Waals surface area (Å²) in [6.07, 6.45) is 0. The number of hydrogen-bond donors (Lipinski definition) is 1. The molecule has 0 aliphatic carbocycles. The van der Waals surface area contributed by atoms with Crippen LogP contribution in [0.15, 0.2) is 12.1 Å². The fourth-order valence-electron chi connectivity index (χ4n) is 0.588. The van der Waals surface area contributed by atoms with Crippen molar-refractivity contribution in [3.05, 3.63) is 22.4 Å². The molecule has 0 bridgehead atoms. The van der Waals surface area contributed by atoms with Crippen molar-refractivity contribution >= 4 is 11.3 Å². The van der Waals surface area contributed by atoms with Gasteiger partial charge in [-0.15, -0.1) is 11.3 Å². The fraction of sp³-hybridized carbons (Fsp3) is 0.429. The summed E-state index contributed by atoms with van der Waals surface area (Å²) in [6, 6.07) is 3.90. The third-order valence-electron chi connectivity index (χ3n) is 1.11. The van der Waals surface area contributed by atoms with Crippen LogP contribution in [0, 0.1) is 5.38 Å². The maximum atomic E-state index is 5.79. The first kappa shape index (κ1) is 6.78. The van der Waals surface area contributed by atoms with E-state index in [-0.39, 0.29) is 5.54 Å². The molecule has 0 aliphatic rings. The van der Waals surface area contributed by atoms with E-state index in [0.29, 0.717) is 0 Å². The van der Waals surface area contributed by atoms with E-state index in [0.717, 1.165) is 0 Å². The number of rotatable bonds is 1. The van der Waals surface area contributed by atoms with Gasteiger partial charge in [0.1, 0.15) is 0 Å². The van der Waals surface area contributed by atoms with Crippen LogP contribution in [0.5, 0.6) is 0 Å². The fourth-order valence-corrected chi connectivity index (χ4v) is 1.25. The lowest BCUT2D eigenvalue weighted by Crippen LogP contribution is -2.27. The van der Waals surface area contributed by atoms with E-state index in [9.17, 15) is 0 Å². The lowest BCUT2D eigenvalue weighted by molar-refractivity contribution is 0.567. The molecule has 1 nitrogen and oxygen atoms in total. The number of nitrogens with two attached hydrogens (primary N) is 1. The molecule has 2 heteroatoms. The topological polar surface area (TPSA) is 26.0 Å². The maximum Gasteiger partial charge on any atom is 0.0446 e. The van der Waals surface area contributed by atoms with Crippen LogP contribution in [-0.2, 0) is 5.54 Å². The molecule has 2 N–H and O–H groups in total. The predicted octanol–water partition coefficient (Wildman–Crippen LogP) is 1.74. The minimum Gasteiger partial charge on any atom is -0.321 e. The van der Waals surface area contributed by atoms with Gasteiger partial charge in [0.15, 0.2) is 0 Å². The Morgan fingerprint density at radius 1 is 1.67 bits per heavy atom. The van der Waals surface area contributed by atoms with Crippen LogP contribution in [0.2, 0.25) is 0 Å². The summed E-state index contributed by atoms with van der Waals surface area (Å²) in [5.74, 6) is 0. The summed E-state index contributed by atoms with van der Waals surface area (Å²) in [5.41, 5.74) is 5.60. The summed E-state index contributed by atoms with van der Waals surface area (Å²) in [6.45, 7) is 3.99. The molecule has 0 fully saturated rings. The third-order valence-corrected chi connectivity index (χ3v) is 2.24. The molecule has 0 saturated carbocycles. The van der Waals surface area contributed by atoms with E-state index in [1.165, 1.54) is 4.88 Å². The van der Waals surface area contributed by atoms with Gasteiger partial charge in [0.2, 0.25) is 0 Å². The molecule has 0 spiro atoms. The maximum absolute atomic E-state index is 5.79. The highest BCUT2D eigenvalue weighted by atomic mass is 32.1. The first-order valence-corrected chi connectivity index (χ1v) is 3.67. The highest BCUT2D eigenvalue weighted by Gasteiger charge is 2.13. The standard InChI is InChI=1S/C7H10NS/c1-7(2,8)6-4-3-5-9-6/h3-4H,8H2,1-2H3. The van der Waals surface area contributed by atoms with Gasteiger partial charge in [-0.3, -0.25) is 0 Å². The summed E-state index contributed by atoms with van der Waals surface area (Å²) in [5, 5.41) is 3.00. The lowest BCUT2D eigenvalue weighted by Gasteiger charge is -2.15. The van der Waals surface area contributed by atoms with E-state index in [4.69, 9.17) is 5.73 Å². The second-order valence-corrected chi connectivity index (χ2v) is 3.52. The predicted molar refractivity (Wildman–Crippen MR) is 40.4 cm³/mol. The molecular formula is C7H10NS. The molecule has 0 amide bonds. The highest BCUT2D eigenvalue weighted by Crippen LogP contribution is 2.20. The van der Waals surface area contributed by atoms with Gasteiger partial charge >= 0.3 is 0 Å². The molecule has 1 aromatic rings. The average Bonchev–Trinajstić information content (AvgIpc) is 2.08. The molecule has 0 unspecified atom stereocenters. The second-order valence-electron chi connectivity index (χ2n) is 2.64. The van der Waals surface area contributed by atoms with Crippen LogP contribution in [0.4, 0.5) is 0 Å². The Kier molecular flexibility index (Phi) is 1.60. The molecule has 1 heterocycles. The van der Waals surface area contributed by atoms with Gasteiger partial charge in [0.25, 0.3) is 0 Å². The van der Waals surface area contributed by atoms with Crippen molar-refractivity contribution in [2.24, 2.45) is 5.73 Å². The van der Waals surface area contributed by atoms with Crippen LogP contribution in [0.1, 0.15) is 18.7 Å². The molecule has 1 aromatic heterocycles. The van der Waals surface area contributed by atoms with Crippen LogP contribution in [-0.4, -0.2) is 0 Å². The summed E-state index contributed by atoms with van der Waals surface area (Å²) in [4.78, 5) is 1.18. The first-order chi connectivity index (χ1) is 4.11. The molecule has 1 rings (SSSR count). The zero-order chi connectivity index (χ0) is 6.91. The largest absolute Gasteiger partial charge is 0.321 e. The van der Waals surface area contributed by atoms with E-state index in [2.05, 4.69) is 5.38 Å². The Hall–Kier alpha value is -0.340. The Bertz CT molecular complexity index is 171. The lowest BCUT2D eigenvalue weighted by atomic mass is 10.1. The van der Waals surface area contributed by atoms with Gasteiger partial charge in [-0.25, -0.2) is 0 Å². The van der Waals surface area contributed by atoms with E-state index in [1.54, 1.807) is 11.3 Å². The molecule has 1 radical (unpaired) electrons. The van der Waals surface area contributed by atoms with Gasteiger partial charge in [0, 0.05) is 15.8 Å².